The first-order chi connectivity index (χ1) is 13.5. The smallest absolute Gasteiger partial charge is 0.359 e. The van der Waals surface area contributed by atoms with Gasteiger partial charge in [-0.1, -0.05) is 24.3 Å². The summed E-state index contributed by atoms with van der Waals surface area (Å²) in [6.45, 7) is 1.68. The summed E-state index contributed by atoms with van der Waals surface area (Å²) in [5, 5.41) is 0. The van der Waals surface area contributed by atoms with Crippen LogP contribution in [-0.2, 0) is 16.1 Å². The maximum Gasteiger partial charge on any atom is 0.359 e. The third-order valence-electron chi connectivity index (χ3n) is 4.84. The van der Waals surface area contributed by atoms with Gasteiger partial charge in [-0.05, 0) is 38.0 Å². The number of hydrogen-bond donors (Lipinski definition) is 0. The first-order valence-electron chi connectivity index (χ1n) is 9.17. The topological polar surface area (TPSA) is 63.9 Å². The van der Waals surface area contributed by atoms with Crippen molar-refractivity contribution >= 4 is 17.5 Å². The van der Waals surface area contributed by atoms with Gasteiger partial charge in [0, 0.05) is 30.0 Å². The molecule has 0 saturated heterocycles. The minimum atomic E-state index is -0.655. The van der Waals surface area contributed by atoms with Gasteiger partial charge in [-0.15, -0.1) is 0 Å². The Hall–Kier alpha value is -3.22. The van der Waals surface area contributed by atoms with Gasteiger partial charge < -0.3 is 14.0 Å². The molecule has 0 radical (unpaired) electrons. The Morgan fingerprint density at radius 3 is 2.71 bits per heavy atom. The Bertz CT molecular complexity index is 1040. The quantitative estimate of drug-likeness (QED) is 0.616. The van der Waals surface area contributed by atoms with Crippen molar-refractivity contribution in [2.45, 2.75) is 32.4 Å². The minimum absolute atomic E-state index is 0.0728. The molecule has 0 atom stereocenters. The van der Waals surface area contributed by atoms with E-state index >= 15 is 0 Å². The molecular weight excluding hydrogens is 361 g/mol. The number of fused-ring (bicyclic) bond motifs is 1. The van der Waals surface area contributed by atoms with Crippen LogP contribution in [0.5, 0.6) is 0 Å². The van der Waals surface area contributed by atoms with Crippen LogP contribution >= 0.6 is 0 Å². The van der Waals surface area contributed by atoms with Crippen molar-refractivity contribution in [2.24, 2.45) is 0 Å². The summed E-state index contributed by atoms with van der Waals surface area (Å²) in [7, 11) is 0. The summed E-state index contributed by atoms with van der Waals surface area (Å²) in [6, 6.07) is 12.0. The lowest BCUT2D eigenvalue weighted by atomic mass is 10.2. The van der Waals surface area contributed by atoms with E-state index in [-0.39, 0.29) is 30.0 Å². The van der Waals surface area contributed by atoms with E-state index in [1.54, 1.807) is 39.8 Å². The molecule has 0 aliphatic heterocycles. The Kier molecular flexibility index (Phi) is 4.81. The number of ether oxygens (including phenoxy) is 1. The van der Waals surface area contributed by atoms with Crippen molar-refractivity contribution in [3.8, 4) is 0 Å². The number of esters is 1. The number of amides is 1. The fourth-order valence-corrected chi connectivity index (χ4v) is 3.15. The van der Waals surface area contributed by atoms with Crippen LogP contribution < -0.4 is 0 Å². The van der Waals surface area contributed by atoms with Crippen LogP contribution in [0.3, 0.4) is 0 Å². The highest BCUT2D eigenvalue weighted by atomic mass is 19.1. The number of pyridine rings is 1. The van der Waals surface area contributed by atoms with Crippen molar-refractivity contribution in [3.63, 3.8) is 0 Å². The van der Waals surface area contributed by atoms with Crippen molar-refractivity contribution in [1.82, 2.24) is 14.3 Å². The molecule has 0 spiro atoms. The van der Waals surface area contributed by atoms with Gasteiger partial charge >= 0.3 is 5.97 Å². The van der Waals surface area contributed by atoms with Crippen LogP contribution in [0.2, 0.25) is 0 Å². The zero-order valence-electron chi connectivity index (χ0n) is 15.5. The molecule has 3 aromatic rings. The van der Waals surface area contributed by atoms with E-state index in [4.69, 9.17) is 4.74 Å². The van der Waals surface area contributed by atoms with E-state index in [9.17, 15) is 14.0 Å². The first kappa shape index (κ1) is 18.2. The molecule has 2 heterocycles. The highest BCUT2D eigenvalue weighted by molar-refractivity contribution is 5.90. The molecule has 0 N–H and O–H groups in total. The highest BCUT2D eigenvalue weighted by Crippen LogP contribution is 2.29. The predicted molar refractivity (Wildman–Crippen MR) is 100 cm³/mol. The van der Waals surface area contributed by atoms with Gasteiger partial charge in [0.15, 0.2) is 12.3 Å². The van der Waals surface area contributed by atoms with Gasteiger partial charge in [0.2, 0.25) is 0 Å². The lowest BCUT2D eigenvalue weighted by Crippen LogP contribution is -2.36. The molecule has 1 saturated carbocycles. The number of aromatic nitrogens is 2. The Labute approximate surface area is 161 Å². The molecule has 7 heteroatoms. The van der Waals surface area contributed by atoms with Crippen LogP contribution in [0.1, 0.15) is 34.6 Å². The average Bonchev–Trinajstić information content (AvgIpc) is 3.43. The molecule has 1 amide bonds. The molecule has 28 heavy (non-hydrogen) atoms. The second kappa shape index (κ2) is 7.42. The second-order valence-electron chi connectivity index (χ2n) is 6.94. The SMILES string of the molecule is Cc1cccc2nc(C(=O)OCC(=O)N(Cc3ccccc3F)C3CC3)cn12. The number of rotatable bonds is 6. The van der Waals surface area contributed by atoms with Crippen LogP contribution in [0.15, 0.2) is 48.7 Å². The van der Waals surface area contributed by atoms with Crippen LogP contribution in [0.4, 0.5) is 4.39 Å². The summed E-state index contributed by atoms with van der Waals surface area (Å²) in [5.41, 5.74) is 2.17. The third-order valence-corrected chi connectivity index (χ3v) is 4.84. The summed E-state index contributed by atoms with van der Waals surface area (Å²) in [6.07, 6.45) is 3.34. The molecule has 144 valence electrons. The van der Waals surface area contributed by atoms with E-state index in [0.717, 1.165) is 18.5 Å². The zero-order valence-corrected chi connectivity index (χ0v) is 15.5. The monoisotopic (exact) mass is 381 g/mol. The van der Waals surface area contributed by atoms with Gasteiger partial charge in [-0.3, -0.25) is 4.79 Å². The molecule has 0 unspecified atom stereocenters. The third kappa shape index (κ3) is 3.74. The maximum atomic E-state index is 13.9. The number of imidazole rings is 1. The molecule has 1 fully saturated rings. The van der Waals surface area contributed by atoms with E-state index in [0.29, 0.717) is 11.2 Å². The van der Waals surface area contributed by atoms with Gasteiger partial charge in [0.1, 0.15) is 11.5 Å². The lowest BCUT2D eigenvalue weighted by molar-refractivity contribution is -0.135. The fraction of sp³-hybridized carbons (Fsp3) is 0.286. The number of hydrogen-bond acceptors (Lipinski definition) is 4. The van der Waals surface area contributed by atoms with Gasteiger partial charge in [0.05, 0.1) is 0 Å². The van der Waals surface area contributed by atoms with Gasteiger partial charge in [-0.2, -0.15) is 0 Å². The molecule has 2 aromatic heterocycles. The Morgan fingerprint density at radius 1 is 1.21 bits per heavy atom. The average molecular weight is 381 g/mol. The summed E-state index contributed by atoms with van der Waals surface area (Å²) in [4.78, 5) is 30.7. The molecular formula is C21H20FN3O3. The minimum Gasteiger partial charge on any atom is -0.451 e. The van der Waals surface area contributed by atoms with E-state index < -0.39 is 12.6 Å². The predicted octanol–water partition coefficient (Wildman–Crippen LogP) is 3.13. The van der Waals surface area contributed by atoms with Crippen molar-refractivity contribution in [2.75, 3.05) is 6.61 Å². The van der Waals surface area contributed by atoms with Gasteiger partial charge in [-0.25, -0.2) is 14.2 Å². The zero-order chi connectivity index (χ0) is 19.7. The van der Waals surface area contributed by atoms with Crippen LogP contribution in [0, 0.1) is 12.7 Å². The molecule has 1 aliphatic rings. The molecule has 1 aromatic carbocycles. The van der Waals surface area contributed by atoms with Gasteiger partial charge in [0.25, 0.3) is 5.91 Å². The van der Waals surface area contributed by atoms with E-state index in [1.165, 1.54) is 6.07 Å². The fourth-order valence-electron chi connectivity index (χ4n) is 3.15. The molecule has 6 nitrogen and oxygen atoms in total. The summed E-state index contributed by atoms with van der Waals surface area (Å²) in [5.74, 6) is -1.34. The maximum absolute atomic E-state index is 13.9. The molecule has 0 bridgehead atoms. The highest BCUT2D eigenvalue weighted by Gasteiger charge is 2.33. The lowest BCUT2D eigenvalue weighted by Gasteiger charge is -2.22. The molecule has 1 aliphatic carbocycles. The van der Waals surface area contributed by atoms with Crippen molar-refractivity contribution in [1.29, 1.82) is 0 Å². The second-order valence-corrected chi connectivity index (χ2v) is 6.94. The Morgan fingerprint density at radius 2 is 2.00 bits per heavy atom. The first-order valence-corrected chi connectivity index (χ1v) is 9.17. The normalized spacial score (nSPS) is 13.5. The van der Waals surface area contributed by atoms with E-state index in [2.05, 4.69) is 4.98 Å². The largest absolute Gasteiger partial charge is 0.451 e. The van der Waals surface area contributed by atoms with Crippen LogP contribution in [0.25, 0.3) is 5.65 Å². The number of halogens is 1. The van der Waals surface area contributed by atoms with Crippen LogP contribution in [-0.4, -0.2) is 38.8 Å². The number of carbonyl (C=O) groups is 2. The summed E-state index contributed by atoms with van der Waals surface area (Å²) >= 11 is 0. The number of carbonyl (C=O) groups excluding carboxylic acids is 2. The summed E-state index contributed by atoms with van der Waals surface area (Å²) < 4.78 is 20.9. The number of nitrogens with zero attached hydrogens (tertiary/aromatic N) is 3. The standard InChI is InChI=1S/C21H20FN3O3/c1-14-5-4-8-19-23-18(12-24(14)19)21(27)28-13-20(26)25(16-9-10-16)11-15-6-2-3-7-17(15)22/h2-8,12,16H,9-11,13H2,1H3. The number of benzene rings is 1. The Balaban J connectivity index is 1.42. The van der Waals surface area contributed by atoms with E-state index in [1.807, 2.05) is 19.1 Å². The van der Waals surface area contributed by atoms with Crippen molar-refractivity contribution < 1.29 is 18.7 Å². The van der Waals surface area contributed by atoms with Crippen molar-refractivity contribution in [3.05, 3.63) is 71.4 Å². The molecule has 4 rings (SSSR count). The number of aryl methyl sites for hydroxylation is 1.